The predicted octanol–water partition coefficient (Wildman–Crippen LogP) is 2.60. The molecule has 1 fully saturated rings. The molecule has 2 unspecified atom stereocenters. The van der Waals surface area contributed by atoms with Crippen LogP contribution in [0.3, 0.4) is 0 Å². The molecule has 1 saturated heterocycles. The highest BCUT2D eigenvalue weighted by Gasteiger charge is 2.31. The number of rotatable bonds is 2. The van der Waals surface area contributed by atoms with Crippen LogP contribution in [0.15, 0.2) is 18.2 Å². The van der Waals surface area contributed by atoms with Crippen LogP contribution in [0.4, 0.5) is 10.1 Å². The lowest BCUT2D eigenvalue weighted by molar-refractivity contribution is -0.387. The third-order valence-electron chi connectivity index (χ3n) is 3.44. The van der Waals surface area contributed by atoms with Crippen LogP contribution in [-0.2, 0) is 0 Å². The van der Waals surface area contributed by atoms with Crippen molar-refractivity contribution in [2.24, 2.45) is 5.92 Å². The summed E-state index contributed by atoms with van der Waals surface area (Å²) in [6.45, 7) is 4.64. The molecule has 6 heteroatoms. The minimum Gasteiger partial charge on any atom is -0.336 e. The van der Waals surface area contributed by atoms with Gasteiger partial charge in [0.05, 0.1) is 4.92 Å². The van der Waals surface area contributed by atoms with Crippen molar-refractivity contribution in [3.63, 3.8) is 0 Å². The van der Waals surface area contributed by atoms with E-state index in [4.69, 9.17) is 0 Å². The first kappa shape index (κ1) is 13.5. The fraction of sp³-hybridized carbons (Fsp3) is 0.462. The number of hydrogen-bond acceptors (Lipinski definition) is 3. The number of hydrogen-bond donors (Lipinski definition) is 0. The Morgan fingerprint density at radius 1 is 1.47 bits per heavy atom. The molecule has 1 aliphatic heterocycles. The van der Waals surface area contributed by atoms with E-state index in [0.717, 1.165) is 18.6 Å². The maximum atomic E-state index is 13.5. The Kier molecular flexibility index (Phi) is 3.50. The van der Waals surface area contributed by atoms with Crippen LogP contribution in [-0.4, -0.2) is 28.3 Å². The lowest BCUT2D eigenvalue weighted by Crippen LogP contribution is -2.34. The number of nitro groups is 1. The van der Waals surface area contributed by atoms with Crippen LogP contribution in [0.1, 0.15) is 30.6 Å². The minimum absolute atomic E-state index is 0.112. The molecule has 0 aliphatic carbocycles. The highest BCUT2D eigenvalue weighted by Crippen LogP contribution is 2.25. The zero-order valence-electron chi connectivity index (χ0n) is 10.8. The van der Waals surface area contributed by atoms with Gasteiger partial charge in [-0.15, -0.1) is 0 Å². The Morgan fingerprint density at radius 3 is 2.63 bits per heavy atom. The van der Waals surface area contributed by atoms with Gasteiger partial charge in [0.1, 0.15) is 0 Å². The predicted molar refractivity (Wildman–Crippen MR) is 67.3 cm³/mol. The minimum atomic E-state index is -0.976. The molecule has 5 nitrogen and oxygen atoms in total. The number of carbonyl (C=O) groups excluding carboxylic acids is 1. The summed E-state index contributed by atoms with van der Waals surface area (Å²) in [5.74, 6) is -0.830. The van der Waals surface area contributed by atoms with E-state index < -0.39 is 16.4 Å². The average Bonchev–Trinajstić information content (AvgIpc) is 2.67. The number of benzene rings is 1. The first-order chi connectivity index (χ1) is 8.90. The largest absolute Gasteiger partial charge is 0.336 e. The zero-order chi connectivity index (χ0) is 14.2. The van der Waals surface area contributed by atoms with Crippen molar-refractivity contribution >= 4 is 11.6 Å². The molecule has 0 radical (unpaired) electrons. The fourth-order valence-corrected chi connectivity index (χ4v) is 2.54. The van der Waals surface area contributed by atoms with Crippen LogP contribution in [0.5, 0.6) is 0 Å². The van der Waals surface area contributed by atoms with Gasteiger partial charge in [-0.25, -0.2) is 0 Å². The number of likely N-dealkylation sites (tertiary alicyclic amines) is 1. The molecule has 1 heterocycles. The van der Waals surface area contributed by atoms with Gasteiger partial charge in [-0.2, -0.15) is 4.39 Å². The van der Waals surface area contributed by atoms with Gasteiger partial charge in [0.2, 0.25) is 5.82 Å². The van der Waals surface area contributed by atoms with Crippen LogP contribution < -0.4 is 0 Å². The Labute approximate surface area is 110 Å². The monoisotopic (exact) mass is 266 g/mol. The average molecular weight is 266 g/mol. The molecule has 2 rings (SSSR count). The Hall–Kier alpha value is -1.98. The SMILES string of the molecule is CC1CC(C)N(C(=O)c2ccc([N+](=O)[O-])c(F)c2)C1. The third-order valence-corrected chi connectivity index (χ3v) is 3.44. The number of amides is 1. The van der Waals surface area contributed by atoms with Gasteiger partial charge in [0, 0.05) is 24.2 Å². The van der Waals surface area contributed by atoms with Crippen molar-refractivity contribution in [3.05, 3.63) is 39.7 Å². The molecule has 1 aromatic carbocycles. The van der Waals surface area contributed by atoms with Crippen molar-refractivity contribution in [2.75, 3.05) is 6.54 Å². The molecule has 19 heavy (non-hydrogen) atoms. The smallest absolute Gasteiger partial charge is 0.304 e. The highest BCUT2D eigenvalue weighted by molar-refractivity contribution is 5.94. The topological polar surface area (TPSA) is 63.5 Å². The van der Waals surface area contributed by atoms with Crippen molar-refractivity contribution in [2.45, 2.75) is 26.3 Å². The van der Waals surface area contributed by atoms with Gasteiger partial charge >= 0.3 is 5.69 Å². The van der Waals surface area contributed by atoms with Crippen LogP contribution in [0.2, 0.25) is 0 Å². The maximum Gasteiger partial charge on any atom is 0.304 e. The van der Waals surface area contributed by atoms with Gasteiger partial charge in [-0.3, -0.25) is 14.9 Å². The Balaban J connectivity index is 2.25. The fourth-order valence-electron chi connectivity index (χ4n) is 2.54. The molecule has 2 atom stereocenters. The normalized spacial score (nSPS) is 22.6. The molecule has 1 amide bonds. The lowest BCUT2D eigenvalue weighted by Gasteiger charge is -2.21. The van der Waals surface area contributed by atoms with E-state index in [1.54, 1.807) is 4.90 Å². The molecule has 102 valence electrons. The van der Waals surface area contributed by atoms with E-state index in [9.17, 15) is 19.3 Å². The quantitative estimate of drug-likeness (QED) is 0.610. The second-order valence-corrected chi connectivity index (χ2v) is 5.07. The van der Waals surface area contributed by atoms with E-state index in [0.29, 0.717) is 12.5 Å². The molecule has 0 aromatic heterocycles. The van der Waals surface area contributed by atoms with E-state index >= 15 is 0 Å². The van der Waals surface area contributed by atoms with Gasteiger partial charge < -0.3 is 4.90 Å². The molecule has 1 aromatic rings. The Bertz CT molecular complexity index is 533. The first-order valence-electron chi connectivity index (χ1n) is 6.15. The van der Waals surface area contributed by atoms with Crippen molar-refractivity contribution in [1.82, 2.24) is 4.90 Å². The Morgan fingerprint density at radius 2 is 2.16 bits per heavy atom. The second-order valence-electron chi connectivity index (χ2n) is 5.07. The first-order valence-corrected chi connectivity index (χ1v) is 6.15. The summed E-state index contributed by atoms with van der Waals surface area (Å²) >= 11 is 0. The van der Waals surface area contributed by atoms with E-state index in [1.165, 1.54) is 6.07 Å². The molecule has 1 aliphatic rings. The van der Waals surface area contributed by atoms with Gasteiger partial charge in [-0.1, -0.05) is 6.92 Å². The summed E-state index contributed by atoms with van der Waals surface area (Å²) in [5.41, 5.74) is -0.455. The zero-order valence-corrected chi connectivity index (χ0v) is 10.8. The molecule has 0 N–H and O–H groups in total. The van der Waals surface area contributed by atoms with Gasteiger partial charge in [0.25, 0.3) is 5.91 Å². The van der Waals surface area contributed by atoms with Crippen molar-refractivity contribution < 1.29 is 14.1 Å². The molecule has 0 bridgehead atoms. The summed E-state index contributed by atoms with van der Waals surface area (Å²) in [4.78, 5) is 23.6. The summed E-state index contributed by atoms with van der Waals surface area (Å²) in [5, 5.41) is 10.5. The van der Waals surface area contributed by atoms with E-state index in [1.807, 2.05) is 6.92 Å². The van der Waals surface area contributed by atoms with Crippen LogP contribution in [0, 0.1) is 21.8 Å². The van der Waals surface area contributed by atoms with Crippen LogP contribution in [0.25, 0.3) is 0 Å². The highest BCUT2D eigenvalue weighted by atomic mass is 19.1. The molecule has 0 saturated carbocycles. The maximum absolute atomic E-state index is 13.5. The van der Waals surface area contributed by atoms with E-state index in [2.05, 4.69) is 6.92 Å². The standard InChI is InChI=1S/C13H15FN2O3/c1-8-5-9(2)15(7-8)13(17)10-3-4-12(16(18)19)11(14)6-10/h3-4,6,8-9H,5,7H2,1-2H3. The lowest BCUT2D eigenvalue weighted by atomic mass is 10.1. The van der Waals surface area contributed by atoms with E-state index in [-0.39, 0.29) is 17.5 Å². The molecule has 0 spiro atoms. The number of nitro benzene ring substituents is 1. The van der Waals surface area contributed by atoms with Gasteiger partial charge in [0.15, 0.2) is 0 Å². The van der Waals surface area contributed by atoms with Crippen molar-refractivity contribution in [3.8, 4) is 0 Å². The summed E-state index contributed by atoms with van der Waals surface area (Å²) in [6, 6.07) is 3.39. The van der Waals surface area contributed by atoms with Crippen LogP contribution >= 0.6 is 0 Å². The second kappa shape index (κ2) is 4.95. The number of nitrogens with zero attached hydrogens (tertiary/aromatic N) is 2. The molecular weight excluding hydrogens is 251 g/mol. The number of carbonyl (C=O) groups is 1. The summed E-state index contributed by atoms with van der Waals surface area (Å²) < 4.78 is 13.5. The van der Waals surface area contributed by atoms with Gasteiger partial charge in [-0.05, 0) is 31.4 Å². The summed E-state index contributed by atoms with van der Waals surface area (Å²) in [6.07, 6.45) is 0.918. The van der Waals surface area contributed by atoms with Crippen molar-refractivity contribution in [1.29, 1.82) is 0 Å². The molecular formula is C13H15FN2O3. The third kappa shape index (κ3) is 2.57. The summed E-state index contributed by atoms with van der Waals surface area (Å²) in [7, 11) is 0. The number of halogens is 1.